The molecule has 0 spiro atoms. The molecule has 0 amide bonds. The zero-order valence-electron chi connectivity index (χ0n) is 79.8. The standard InChI is InChI=1S/C37H43Ge2N3.C37H41Ge2N3.C14H16BrGeN.C8H12BrGeN.C6H5BBrO2.C5H3Br2N.Pt/c2*1-26-20-27(2)37(28(3)21-26)42(33-14-10-12-29(22-33)35-18-16-31(24-40-35)38(4,5)6)34-15-11-13-30(23-34)36-19-17-32(25-41-36)39(7,8)9;1-16(2,3)13-7-8-14(17-10-13)11-5-4-6-12(15)9-11;1-10(2,3)7-4-5-8(9)11-6-7;8-5-2-1-3-6(4-5)10-7-9;6-4-1-2-5(7)8-3-4;/h10-25H,1-9H3;10-21,24-25H,1-9H3;4-10H,1-3H3;4-6H,1-3H3;1-4,9H;1-3H;/q;-2;;;;;+2. The number of aryl methyl sites for hydroxylation is 6. The normalized spacial score (nSPS) is 11.4. The molecule has 0 bridgehead atoms. The molecular formula is C107H120BBr5Ge6N9O2Pt. The van der Waals surface area contributed by atoms with Crippen LogP contribution in [0.2, 0.25) is 104 Å². The summed E-state index contributed by atoms with van der Waals surface area (Å²) in [6.07, 6.45) is 14.1. The molecule has 0 atom stereocenters. The molecule has 0 fully saturated rings. The fourth-order valence-electron chi connectivity index (χ4n) is 14.4. The van der Waals surface area contributed by atoms with Gasteiger partial charge < -0.3 is 9.68 Å². The van der Waals surface area contributed by atoms with Crippen LogP contribution in [-0.2, 0) is 21.1 Å². The molecule has 8 aromatic carbocycles. The molecule has 131 heavy (non-hydrogen) atoms. The Bertz CT molecular complexity index is 5740. The number of anilines is 6. The van der Waals surface area contributed by atoms with Gasteiger partial charge in [0.25, 0.3) is 0 Å². The summed E-state index contributed by atoms with van der Waals surface area (Å²) in [5.74, 6) is 43.7. The Morgan fingerprint density at radius 1 is 0.290 bits per heavy atom. The maximum absolute atomic E-state index is 8.25. The summed E-state index contributed by atoms with van der Waals surface area (Å²) < 4.78 is 18.0. The first-order valence-corrected chi connectivity index (χ1v) is 91.6. The molecule has 0 saturated heterocycles. The summed E-state index contributed by atoms with van der Waals surface area (Å²) in [7, 11) is 0.655. The number of pyridine rings is 7. The number of benzene rings is 8. The van der Waals surface area contributed by atoms with Gasteiger partial charge in [0.2, 0.25) is 0 Å². The molecule has 0 unspecified atom stereocenters. The van der Waals surface area contributed by atoms with Crippen LogP contribution >= 0.6 is 79.6 Å². The van der Waals surface area contributed by atoms with Gasteiger partial charge in [-0.1, -0.05) is 22.0 Å². The summed E-state index contributed by atoms with van der Waals surface area (Å²) in [6.45, 7) is 13.1. The van der Waals surface area contributed by atoms with Crippen molar-refractivity contribution in [2.75, 3.05) is 9.80 Å². The Morgan fingerprint density at radius 2 is 0.588 bits per heavy atom. The second-order valence-electron chi connectivity index (χ2n) is 38.7. The zero-order chi connectivity index (χ0) is 94.8. The maximum Gasteiger partial charge on any atom is 2.00 e. The van der Waals surface area contributed by atoms with E-state index < -0.39 is 79.6 Å². The second-order valence-corrected chi connectivity index (χ2v) is 107. The predicted octanol–water partition coefficient (Wildman–Crippen LogP) is 28.6. The summed E-state index contributed by atoms with van der Waals surface area (Å²) in [4.78, 5) is 37.0. The molecule has 24 heteroatoms. The third kappa shape index (κ3) is 32.1. The Labute approximate surface area is 853 Å². The molecule has 677 valence electrons. The van der Waals surface area contributed by atoms with Gasteiger partial charge in [-0.2, -0.15) is 0 Å². The molecule has 7 heterocycles. The molecule has 0 aliphatic carbocycles. The fourth-order valence-corrected chi connectivity index (χ4v) is 28.9. The summed E-state index contributed by atoms with van der Waals surface area (Å²) in [5, 5.41) is 8.25. The van der Waals surface area contributed by atoms with Crippen LogP contribution < -0.4 is 40.8 Å². The van der Waals surface area contributed by atoms with E-state index >= 15 is 0 Å². The van der Waals surface area contributed by atoms with Gasteiger partial charge in [0.05, 0.1) is 0 Å². The van der Waals surface area contributed by atoms with E-state index in [0.717, 1.165) is 107 Å². The fraction of sp³-hybridized carbons (Fsp3) is 0.224. The molecule has 0 aliphatic rings. The van der Waals surface area contributed by atoms with Crippen molar-refractivity contribution < 1.29 is 30.7 Å². The van der Waals surface area contributed by atoms with Crippen molar-refractivity contribution in [2.24, 2.45) is 0 Å². The third-order valence-corrected chi connectivity index (χ3v) is 49.6. The van der Waals surface area contributed by atoms with Crippen molar-refractivity contribution in [2.45, 2.75) is 145 Å². The van der Waals surface area contributed by atoms with E-state index in [2.05, 4.69) is 485 Å². The van der Waals surface area contributed by atoms with Crippen LogP contribution in [0.25, 0.3) is 56.3 Å². The van der Waals surface area contributed by atoms with Crippen molar-refractivity contribution in [3.63, 3.8) is 0 Å². The van der Waals surface area contributed by atoms with Gasteiger partial charge in [-0.3, -0.25) is 0 Å². The van der Waals surface area contributed by atoms with E-state index in [1.165, 1.54) is 65.4 Å². The number of halogens is 5. The van der Waals surface area contributed by atoms with E-state index in [0.29, 0.717) is 13.4 Å². The van der Waals surface area contributed by atoms with Crippen molar-refractivity contribution >= 4 is 227 Å². The van der Waals surface area contributed by atoms with Gasteiger partial charge in [-0.25, -0.2) is 4.98 Å². The first-order chi connectivity index (χ1) is 61.2. The maximum atomic E-state index is 8.25. The van der Waals surface area contributed by atoms with Crippen LogP contribution in [0.4, 0.5) is 34.1 Å². The number of rotatable bonds is 19. The van der Waals surface area contributed by atoms with Gasteiger partial charge in [-0.15, -0.1) is 0 Å². The van der Waals surface area contributed by atoms with Crippen LogP contribution in [-0.4, -0.2) is 127 Å². The molecule has 7 aromatic heterocycles. The molecule has 15 rings (SSSR count). The Kier molecular flexibility index (Phi) is 40.1. The summed E-state index contributed by atoms with van der Waals surface area (Å²) in [6, 6.07) is 92.3. The topological polar surface area (TPSA) is 126 Å². The van der Waals surface area contributed by atoms with Crippen molar-refractivity contribution in [3.05, 3.63) is 354 Å². The first-order valence-electron chi connectivity index (χ1n) is 43.6. The van der Waals surface area contributed by atoms with Crippen molar-refractivity contribution in [1.29, 1.82) is 0 Å². The van der Waals surface area contributed by atoms with Crippen LogP contribution in [0.1, 0.15) is 33.4 Å². The monoisotopic (exact) mass is 2610 g/mol. The van der Waals surface area contributed by atoms with Crippen LogP contribution in [0.15, 0.2) is 309 Å². The number of nitrogens with zero attached hydrogens (tertiary/aromatic N) is 9. The minimum absolute atomic E-state index is 0. The summed E-state index contributed by atoms with van der Waals surface area (Å²) in [5.41, 5.74) is 24.3. The largest absolute Gasteiger partial charge is 2.00 e. The van der Waals surface area contributed by atoms with Crippen LogP contribution in [0, 0.1) is 53.7 Å². The summed E-state index contributed by atoms with van der Waals surface area (Å²) >= 11 is 5.46. The molecule has 0 saturated carbocycles. The zero-order valence-corrected chi connectivity index (χ0v) is 103. The van der Waals surface area contributed by atoms with Gasteiger partial charge in [-0.05, 0) is 76.0 Å². The molecule has 15 aromatic rings. The van der Waals surface area contributed by atoms with Gasteiger partial charge >= 0.3 is 726 Å². The van der Waals surface area contributed by atoms with E-state index in [9.17, 15) is 0 Å². The average molecular weight is 2610 g/mol. The molecule has 1 radical (unpaired) electrons. The van der Waals surface area contributed by atoms with Crippen molar-refractivity contribution in [3.8, 4) is 62.0 Å². The van der Waals surface area contributed by atoms with Crippen LogP contribution in [0.5, 0.6) is 5.75 Å². The number of hydrogen-bond acceptors (Lipinski definition) is 11. The molecule has 1 N–H and O–H groups in total. The second kappa shape index (κ2) is 48.5. The minimum Gasteiger partial charge on any atom is 2.00 e. The number of hydrogen-bond donors (Lipinski definition) is 1. The number of aromatic nitrogens is 7. The Balaban J connectivity index is 0.000000199. The average Bonchev–Trinajstić information content (AvgIpc) is 0.771. The van der Waals surface area contributed by atoms with E-state index in [4.69, 9.17) is 25.0 Å². The van der Waals surface area contributed by atoms with Crippen molar-refractivity contribution in [1.82, 2.24) is 34.9 Å². The Hall–Kier alpha value is -6.42. The molecular weight excluding hydrogens is 2480 g/mol. The smallest absolute Gasteiger partial charge is 2.00 e. The SMILES string of the molecule is Brc1ccc(Br)nc1.Cc1cc(C)c(N(c2[c-]c(-c3cc[c]([Ge]([CH3])([CH3])[CH3])cn3)ccc2)c2[c-]c(-c3cc[c]([Ge]([CH3])([CH3])[CH3])cn3)ccc2)c(C)c1.Cc1cc(C)c(N(c2cccc(-c3cc[c]([Ge]([CH3])([CH3])[CH3])cn3)c2)c2cccc(-c3cc[c]([Ge]([CH3])([CH3])[CH3])cn3)c2)c(C)c1.O[B]Oc1cccc(Br)c1.[CH3][Ge]([CH3])([CH3])[c]1ccc(-c2cccc(Br)c2)nc1.[CH3][Ge]([CH3])([CH3])[c]1ccc(Br)nc1.[Pt+2]. The van der Waals surface area contributed by atoms with Crippen LogP contribution in [0.3, 0.4) is 0 Å². The van der Waals surface area contributed by atoms with E-state index in [1.54, 1.807) is 18.3 Å². The van der Waals surface area contributed by atoms with E-state index in [-0.39, 0.29) is 21.1 Å². The first kappa shape index (κ1) is 108. The molecule has 11 nitrogen and oxygen atoms in total. The van der Waals surface area contributed by atoms with Gasteiger partial charge in [0.15, 0.2) is 0 Å². The van der Waals surface area contributed by atoms with E-state index in [1.807, 2.05) is 48.7 Å². The Morgan fingerprint density at radius 3 is 0.885 bits per heavy atom. The quantitative estimate of drug-likeness (QED) is 0.0472. The van der Waals surface area contributed by atoms with Gasteiger partial charge in [0, 0.05) is 15.1 Å². The predicted molar refractivity (Wildman–Crippen MR) is 591 cm³/mol. The molecule has 0 aliphatic heterocycles. The van der Waals surface area contributed by atoms with Gasteiger partial charge in [0.1, 0.15) is 10.4 Å². The third-order valence-electron chi connectivity index (χ3n) is 21.6. The minimum atomic E-state index is -1.94.